The average Bonchev–Trinajstić information content (AvgIpc) is 3.40. The number of benzene rings is 3. The molecule has 1 unspecified atom stereocenters. The number of likely N-dealkylation sites (N-methyl/N-ethyl adjacent to an activating group) is 1. The largest absolute Gasteiger partial charge is 0.356 e. The van der Waals surface area contributed by atoms with E-state index in [1.165, 1.54) is 40.7 Å². The molecule has 2 fully saturated rings. The van der Waals surface area contributed by atoms with Crippen LogP contribution in [0.3, 0.4) is 0 Å². The van der Waals surface area contributed by atoms with Crippen molar-refractivity contribution in [3.05, 3.63) is 165 Å². The van der Waals surface area contributed by atoms with E-state index in [4.69, 9.17) is 0 Å². The van der Waals surface area contributed by atoms with Gasteiger partial charge < -0.3 is 10.6 Å². The van der Waals surface area contributed by atoms with Crippen molar-refractivity contribution >= 4 is 11.8 Å². The molecule has 57 heavy (non-hydrogen) atoms. The maximum atomic E-state index is 14.8. The molecule has 0 bridgehead atoms. The van der Waals surface area contributed by atoms with Crippen molar-refractivity contribution in [1.82, 2.24) is 19.9 Å². The lowest BCUT2D eigenvalue weighted by molar-refractivity contribution is 0.258. The van der Waals surface area contributed by atoms with Crippen LogP contribution in [0.4, 0.5) is 10.1 Å². The topological polar surface area (TPSA) is 71.8 Å². The molecule has 6 nitrogen and oxygen atoms in total. The number of anilines is 1. The number of halogens is 1. The standard InChI is InChI=1S/C21H23N3O.C15H13F.C14H22N2/c25-21-19(22-14-17-8-5-9-17)15-23-20(18-10-2-1-3-11-18)24(21)13-12-16-6-4-7-16;1-10-7-8-12-11-5-3-4-6-13(11)15(2,16)14(12)9-10;1-5-12(3)14-6-7-16-10-13(14)8-11(2)9-15-4/h1-3,10-12,14-15,22H,4-9,13H2;3-9H,1-2H3;6-8,10,12,15H,5,9H2,1-4H3/b;;11-8+/t;;12-/m..1/s1. The van der Waals surface area contributed by atoms with Gasteiger partial charge in [-0.1, -0.05) is 121 Å². The number of nitrogens with zero attached hydrogens (tertiary/aromatic N) is 3. The maximum absolute atomic E-state index is 14.8. The zero-order valence-electron chi connectivity index (χ0n) is 34.5. The third-order valence-electron chi connectivity index (χ3n) is 11.4. The molecule has 0 radical (unpaired) electrons. The molecule has 0 spiro atoms. The van der Waals surface area contributed by atoms with Crippen LogP contribution in [0.15, 0.2) is 131 Å². The first kappa shape index (κ1) is 41.2. The lowest BCUT2D eigenvalue weighted by Crippen LogP contribution is -2.25. The van der Waals surface area contributed by atoms with E-state index in [2.05, 4.69) is 59.6 Å². The van der Waals surface area contributed by atoms with E-state index in [0.29, 0.717) is 18.2 Å². The van der Waals surface area contributed by atoms with Crippen LogP contribution in [0.1, 0.15) is 106 Å². The Labute approximate surface area is 338 Å². The summed E-state index contributed by atoms with van der Waals surface area (Å²) in [6.07, 6.45) is 20.1. The smallest absolute Gasteiger partial charge is 0.277 e. The van der Waals surface area contributed by atoms with Crippen molar-refractivity contribution in [2.45, 2.75) is 97.7 Å². The number of allylic oxidation sites excluding steroid dienone is 3. The first-order valence-corrected chi connectivity index (χ1v) is 20.5. The molecular formula is C50H58FN5O. The van der Waals surface area contributed by atoms with Crippen molar-refractivity contribution < 1.29 is 4.39 Å². The number of hydrogen-bond donors (Lipinski definition) is 2. The first-order valence-electron chi connectivity index (χ1n) is 20.5. The molecule has 3 aromatic carbocycles. The van der Waals surface area contributed by atoms with Gasteiger partial charge >= 0.3 is 0 Å². The number of nitrogens with one attached hydrogen (secondary N) is 2. The minimum atomic E-state index is -1.35. The van der Waals surface area contributed by atoms with E-state index in [0.717, 1.165) is 77.9 Å². The lowest BCUT2D eigenvalue weighted by Gasteiger charge is -2.18. The number of aryl methyl sites for hydroxylation is 1. The summed E-state index contributed by atoms with van der Waals surface area (Å²) in [5.41, 5.74) is 11.7. The molecule has 2 aromatic heterocycles. The minimum absolute atomic E-state index is 0.0128. The number of alkyl halides is 1. The Kier molecular flexibility index (Phi) is 13.9. The van der Waals surface area contributed by atoms with Gasteiger partial charge in [0.1, 0.15) is 11.5 Å². The Balaban J connectivity index is 0.000000151. The van der Waals surface area contributed by atoms with Crippen LogP contribution in [-0.2, 0) is 12.2 Å². The van der Waals surface area contributed by atoms with E-state index in [1.54, 1.807) is 17.7 Å². The Morgan fingerprint density at radius 1 is 0.930 bits per heavy atom. The van der Waals surface area contributed by atoms with Gasteiger partial charge in [0.05, 0.1) is 6.20 Å². The van der Waals surface area contributed by atoms with Gasteiger partial charge in [-0.2, -0.15) is 0 Å². The monoisotopic (exact) mass is 763 g/mol. The van der Waals surface area contributed by atoms with Crippen molar-refractivity contribution in [2.75, 3.05) is 18.9 Å². The van der Waals surface area contributed by atoms with Crippen LogP contribution >= 0.6 is 0 Å². The summed E-state index contributed by atoms with van der Waals surface area (Å²) in [5, 5.41) is 6.33. The highest BCUT2D eigenvalue weighted by Crippen LogP contribution is 2.49. The van der Waals surface area contributed by atoms with E-state index in [-0.39, 0.29) is 5.56 Å². The van der Waals surface area contributed by atoms with E-state index < -0.39 is 5.67 Å². The maximum Gasteiger partial charge on any atom is 0.277 e. The van der Waals surface area contributed by atoms with Gasteiger partial charge in [-0.25, -0.2) is 9.37 Å². The minimum Gasteiger partial charge on any atom is -0.356 e. The second-order valence-electron chi connectivity index (χ2n) is 15.7. The Morgan fingerprint density at radius 3 is 2.32 bits per heavy atom. The van der Waals surface area contributed by atoms with Crippen LogP contribution in [0.2, 0.25) is 0 Å². The summed E-state index contributed by atoms with van der Waals surface area (Å²) in [5.74, 6) is 1.32. The van der Waals surface area contributed by atoms with Gasteiger partial charge in [-0.3, -0.25) is 14.3 Å². The first-order chi connectivity index (χ1) is 27.6. The summed E-state index contributed by atoms with van der Waals surface area (Å²) in [7, 11) is 1.97. The van der Waals surface area contributed by atoms with Crippen LogP contribution in [-0.4, -0.2) is 28.1 Å². The molecule has 5 aromatic rings. The summed E-state index contributed by atoms with van der Waals surface area (Å²) in [4.78, 5) is 21.8. The zero-order valence-corrected chi connectivity index (χ0v) is 34.5. The fourth-order valence-corrected chi connectivity index (χ4v) is 7.44. The molecule has 0 aliphatic heterocycles. The van der Waals surface area contributed by atoms with Crippen molar-refractivity contribution in [1.29, 1.82) is 0 Å². The highest BCUT2D eigenvalue weighted by molar-refractivity contribution is 5.80. The van der Waals surface area contributed by atoms with Crippen molar-refractivity contribution in [3.63, 3.8) is 0 Å². The number of pyridine rings is 1. The highest BCUT2D eigenvalue weighted by Gasteiger charge is 2.39. The van der Waals surface area contributed by atoms with Gasteiger partial charge in [-0.05, 0) is 107 Å². The van der Waals surface area contributed by atoms with Crippen LogP contribution in [0, 0.1) is 6.92 Å². The van der Waals surface area contributed by atoms with Crippen molar-refractivity contribution in [3.8, 4) is 22.5 Å². The summed E-state index contributed by atoms with van der Waals surface area (Å²) < 4.78 is 16.6. The SMILES string of the molecule is CC[C@@H](C)c1ccncc1/C=C(\C)CNC.Cc1ccc2c(c1)C(C)(F)c1ccccc1-2.O=c1c(NC=C2CCC2)cnc(-c2ccccc2)n1CC=C1CCC1. The summed E-state index contributed by atoms with van der Waals surface area (Å²) in [6, 6.07) is 25.8. The Bertz CT molecular complexity index is 2290. The van der Waals surface area contributed by atoms with Gasteiger partial charge in [-0.15, -0.1) is 0 Å². The number of fused-ring (bicyclic) bond motifs is 3. The predicted octanol–water partition coefficient (Wildman–Crippen LogP) is 11.9. The molecule has 0 amide bonds. The molecule has 7 heteroatoms. The fraction of sp³-hybridized carbons (Fsp3) is 0.340. The number of hydrogen-bond acceptors (Lipinski definition) is 5. The molecule has 0 saturated heterocycles. The fourth-order valence-electron chi connectivity index (χ4n) is 7.44. The van der Waals surface area contributed by atoms with E-state index in [9.17, 15) is 9.18 Å². The molecule has 2 heterocycles. The highest BCUT2D eigenvalue weighted by atomic mass is 19.1. The Morgan fingerprint density at radius 2 is 1.63 bits per heavy atom. The van der Waals surface area contributed by atoms with Crippen LogP contribution in [0.25, 0.3) is 28.6 Å². The van der Waals surface area contributed by atoms with Crippen LogP contribution in [0.5, 0.6) is 0 Å². The van der Waals surface area contributed by atoms with E-state index in [1.807, 2.05) is 105 Å². The summed E-state index contributed by atoms with van der Waals surface area (Å²) >= 11 is 0. The quantitative estimate of drug-likeness (QED) is 0.139. The zero-order chi connectivity index (χ0) is 40.4. The molecule has 2 saturated carbocycles. The molecule has 8 rings (SSSR count). The van der Waals surface area contributed by atoms with Crippen molar-refractivity contribution in [2.24, 2.45) is 0 Å². The Hall–Kier alpha value is -5.40. The van der Waals surface area contributed by atoms with Gasteiger partial charge in [0.25, 0.3) is 5.56 Å². The van der Waals surface area contributed by atoms with Gasteiger partial charge in [0.2, 0.25) is 0 Å². The number of rotatable bonds is 10. The van der Waals surface area contributed by atoms with E-state index >= 15 is 0 Å². The van der Waals surface area contributed by atoms with Gasteiger partial charge in [0, 0.05) is 48.4 Å². The second-order valence-corrected chi connectivity index (χ2v) is 15.7. The van der Waals surface area contributed by atoms with Gasteiger partial charge in [0.15, 0.2) is 5.67 Å². The average molecular weight is 764 g/mol. The second kappa shape index (κ2) is 19.2. The molecular weight excluding hydrogens is 706 g/mol. The molecule has 2 N–H and O–H groups in total. The molecule has 3 aliphatic rings. The predicted molar refractivity (Wildman–Crippen MR) is 236 cm³/mol. The molecule has 296 valence electrons. The third kappa shape index (κ3) is 9.95. The summed E-state index contributed by atoms with van der Waals surface area (Å²) in [6.45, 7) is 11.8. The molecule has 2 atom stereocenters. The normalized spacial score (nSPS) is 17.0. The lowest BCUT2D eigenvalue weighted by atomic mass is 9.92. The third-order valence-corrected chi connectivity index (χ3v) is 11.4. The molecule has 3 aliphatic carbocycles. The number of aromatic nitrogens is 3. The van der Waals surface area contributed by atoms with Crippen LogP contribution < -0.4 is 16.2 Å².